The topological polar surface area (TPSA) is 61.8 Å². The van der Waals surface area contributed by atoms with Gasteiger partial charge in [-0.3, -0.25) is 4.90 Å². The molecule has 1 amide bonds. The maximum atomic E-state index is 12.5. The molecule has 0 bridgehead atoms. The zero-order valence-electron chi connectivity index (χ0n) is 13.1. The third-order valence-electron chi connectivity index (χ3n) is 3.48. The zero-order valence-corrected chi connectivity index (χ0v) is 13.1. The first-order chi connectivity index (χ1) is 9.58. The van der Waals surface area contributed by atoms with Crippen LogP contribution in [0.1, 0.15) is 40.0 Å². The summed E-state index contributed by atoms with van der Waals surface area (Å²) in [6, 6.07) is -0.623. The fraction of sp³-hybridized carbons (Fsp3) is 0.929. The summed E-state index contributed by atoms with van der Waals surface area (Å²) in [5.41, 5.74) is -0.608. The van der Waals surface area contributed by atoms with Crippen LogP contribution in [0, 0.1) is 0 Å². The van der Waals surface area contributed by atoms with E-state index in [1.54, 1.807) is 27.8 Å². The maximum absolute atomic E-state index is 12.5. The van der Waals surface area contributed by atoms with Crippen LogP contribution >= 0.6 is 0 Å². The van der Waals surface area contributed by atoms with Gasteiger partial charge in [-0.2, -0.15) is 0 Å². The van der Waals surface area contributed by atoms with E-state index in [2.05, 4.69) is 5.32 Å². The first kappa shape index (κ1) is 18.1. The van der Waals surface area contributed by atoms with Gasteiger partial charge in [0.25, 0.3) is 6.43 Å². The molecule has 0 aromatic heterocycles. The Balaban J connectivity index is 2.65. The molecule has 3 atom stereocenters. The van der Waals surface area contributed by atoms with Gasteiger partial charge in [0.2, 0.25) is 0 Å². The van der Waals surface area contributed by atoms with Crippen LogP contribution in [-0.4, -0.2) is 59.9 Å². The Bertz CT molecular complexity index is 348. The van der Waals surface area contributed by atoms with E-state index < -0.39 is 24.2 Å². The monoisotopic (exact) mass is 308 g/mol. The zero-order chi connectivity index (χ0) is 16.2. The number of alkyl halides is 2. The minimum Gasteiger partial charge on any atom is -0.444 e. The predicted molar refractivity (Wildman–Crippen MR) is 75.4 cm³/mol. The molecule has 2 N–H and O–H groups in total. The lowest BCUT2D eigenvalue weighted by molar-refractivity contribution is 0.0125. The Morgan fingerprint density at radius 1 is 1.43 bits per heavy atom. The maximum Gasteiger partial charge on any atom is 0.407 e. The summed E-state index contributed by atoms with van der Waals surface area (Å²) >= 11 is 0. The molecule has 0 heterocycles. The van der Waals surface area contributed by atoms with E-state index in [4.69, 9.17) is 4.74 Å². The van der Waals surface area contributed by atoms with Gasteiger partial charge in [-0.25, -0.2) is 13.6 Å². The number of aliphatic hydroxyl groups is 1. The second kappa shape index (κ2) is 7.35. The summed E-state index contributed by atoms with van der Waals surface area (Å²) in [5.74, 6) is 0. The molecule has 0 aromatic carbocycles. The normalized spacial score (nSPS) is 27.0. The molecule has 1 saturated carbocycles. The van der Waals surface area contributed by atoms with E-state index in [0.29, 0.717) is 19.3 Å². The van der Waals surface area contributed by atoms with Crippen LogP contribution in [0.5, 0.6) is 0 Å². The van der Waals surface area contributed by atoms with Crippen LogP contribution in [0.3, 0.4) is 0 Å². The second-order valence-corrected chi connectivity index (χ2v) is 6.62. The molecule has 1 aliphatic carbocycles. The highest BCUT2D eigenvalue weighted by Crippen LogP contribution is 2.24. The van der Waals surface area contributed by atoms with Crippen LogP contribution in [0.2, 0.25) is 0 Å². The average Bonchev–Trinajstić information content (AvgIpc) is 2.27. The van der Waals surface area contributed by atoms with Crippen molar-refractivity contribution >= 4 is 6.09 Å². The first-order valence-corrected chi connectivity index (χ1v) is 7.24. The summed E-state index contributed by atoms with van der Waals surface area (Å²) < 4.78 is 30.3. The van der Waals surface area contributed by atoms with E-state index in [1.165, 1.54) is 4.90 Å². The highest BCUT2D eigenvalue weighted by molar-refractivity contribution is 5.68. The minimum atomic E-state index is -2.45. The van der Waals surface area contributed by atoms with Crippen molar-refractivity contribution in [3.63, 3.8) is 0 Å². The summed E-state index contributed by atoms with van der Waals surface area (Å²) in [6.45, 7) is 4.90. The molecule has 0 radical (unpaired) electrons. The van der Waals surface area contributed by atoms with Gasteiger partial charge in [-0.15, -0.1) is 0 Å². The number of alkyl carbamates (subject to hydrolysis) is 1. The molecule has 5 nitrogen and oxygen atoms in total. The van der Waals surface area contributed by atoms with E-state index in [-0.39, 0.29) is 18.6 Å². The van der Waals surface area contributed by atoms with Crippen molar-refractivity contribution in [3.8, 4) is 0 Å². The van der Waals surface area contributed by atoms with Crippen molar-refractivity contribution in [2.75, 3.05) is 13.6 Å². The Morgan fingerprint density at radius 3 is 2.57 bits per heavy atom. The van der Waals surface area contributed by atoms with Crippen molar-refractivity contribution in [2.24, 2.45) is 0 Å². The van der Waals surface area contributed by atoms with Crippen molar-refractivity contribution in [3.05, 3.63) is 0 Å². The number of nitrogens with zero attached hydrogens (tertiary/aromatic N) is 1. The number of nitrogens with one attached hydrogen (secondary N) is 1. The lowest BCUT2D eigenvalue weighted by Crippen LogP contribution is -2.55. The van der Waals surface area contributed by atoms with Crippen molar-refractivity contribution in [2.45, 2.75) is 70.2 Å². The quantitative estimate of drug-likeness (QED) is 0.834. The highest BCUT2D eigenvalue weighted by atomic mass is 19.3. The van der Waals surface area contributed by atoms with Gasteiger partial charge in [0, 0.05) is 12.1 Å². The molecular formula is C14H26F2N2O3. The molecule has 1 fully saturated rings. The summed E-state index contributed by atoms with van der Waals surface area (Å²) in [7, 11) is 1.58. The molecule has 3 unspecified atom stereocenters. The van der Waals surface area contributed by atoms with Gasteiger partial charge in [0.15, 0.2) is 0 Å². The van der Waals surface area contributed by atoms with E-state index in [9.17, 15) is 18.7 Å². The summed E-state index contributed by atoms with van der Waals surface area (Å²) in [4.78, 5) is 13.3. The number of halogens is 2. The SMILES string of the molecule is CN(CC(F)F)C1CC(O)CCC1NC(=O)OC(C)(C)C. The minimum absolute atomic E-state index is 0.299. The Morgan fingerprint density at radius 2 is 2.05 bits per heavy atom. The molecule has 0 aromatic rings. The van der Waals surface area contributed by atoms with Gasteiger partial charge < -0.3 is 15.2 Å². The predicted octanol–water partition coefficient (Wildman–Crippen LogP) is 1.99. The molecular weight excluding hydrogens is 282 g/mol. The number of ether oxygens (including phenoxy) is 1. The third-order valence-corrected chi connectivity index (χ3v) is 3.48. The summed E-state index contributed by atoms with van der Waals surface area (Å²) in [6.07, 6.45) is -2.08. The fourth-order valence-corrected chi connectivity index (χ4v) is 2.59. The smallest absolute Gasteiger partial charge is 0.407 e. The van der Waals surface area contributed by atoms with Crippen molar-refractivity contribution in [1.29, 1.82) is 0 Å². The largest absolute Gasteiger partial charge is 0.444 e. The Hall–Kier alpha value is -0.950. The van der Waals surface area contributed by atoms with Crippen LogP contribution in [0.15, 0.2) is 0 Å². The highest BCUT2D eigenvalue weighted by Gasteiger charge is 2.35. The molecule has 7 heteroatoms. The van der Waals surface area contributed by atoms with Gasteiger partial charge >= 0.3 is 6.09 Å². The van der Waals surface area contributed by atoms with Crippen molar-refractivity contribution in [1.82, 2.24) is 10.2 Å². The number of carbonyl (C=O) groups is 1. The van der Waals surface area contributed by atoms with E-state index in [0.717, 1.165) is 0 Å². The van der Waals surface area contributed by atoms with Gasteiger partial charge in [-0.1, -0.05) is 0 Å². The van der Waals surface area contributed by atoms with Crippen LogP contribution in [-0.2, 0) is 4.74 Å². The standard InChI is InChI=1S/C14H26F2N2O3/c1-14(2,3)21-13(20)17-10-6-5-9(19)7-11(10)18(4)8-12(15)16/h9-12,19H,5-8H2,1-4H3,(H,17,20). The Kier molecular flexibility index (Phi) is 6.34. The van der Waals surface area contributed by atoms with Crippen molar-refractivity contribution < 1.29 is 23.4 Å². The third kappa shape index (κ3) is 6.56. The second-order valence-electron chi connectivity index (χ2n) is 6.62. The number of hydrogen-bond acceptors (Lipinski definition) is 4. The van der Waals surface area contributed by atoms with E-state index >= 15 is 0 Å². The number of rotatable bonds is 4. The van der Waals surface area contributed by atoms with Gasteiger partial charge in [-0.05, 0) is 47.1 Å². The molecule has 0 aliphatic heterocycles. The fourth-order valence-electron chi connectivity index (χ4n) is 2.59. The molecule has 0 spiro atoms. The van der Waals surface area contributed by atoms with Crippen LogP contribution < -0.4 is 5.32 Å². The number of likely N-dealkylation sites (N-methyl/N-ethyl adjacent to an activating group) is 1. The first-order valence-electron chi connectivity index (χ1n) is 7.24. The number of aliphatic hydroxyl groups excluding tert-OH is 1. The lowest BCUT2D eigenvalue weighted by atomic mass is 9.87. The average molecular weight is 308 g/mol. The van der Waals surface area contributed by atoms with E-state index in [1.807, 2.05) is 0 Å². The molecule has 21 heavy (non-hydrogen) atoms. The Labute approximate surface area is 124 Å². The molecule has 0 saturated heterocycles. The van der Waals surface area contributed by atoms with Crippen LogP contribution in [0.25, 0.3) is 0 Å². The number of carbonyl (C=O) groups excluding carboxylic acids is 1. The molecule has 124 valence electrons. The van der Waals surface area contributed by atoms with Crippen LogP contribution in [0.4, 0.5) is 13.6 Å². The lowest BCUT2D eigenvalue weighted by Gasteiger charge is -2.40. The number of hydrogen-bond donors (Lipinski definition) is 2. The number of amides is 1. The van der Waals surface area contributed by atoms with Gasteiger partial charge in [0.05, 0.1) is 12.6 Å². The summed E-state index contributed by atoms with van der Waals surface area (Å²) in [5, 5.41) is 12.5. The molecule has 1 rings (SSSR count). The molecule has 1 aliphatic rings. The van der Waals surface area contributed by atoms with Gasteiger partial charge in [0.1, 0.15) is 5.60 Å².